The van der Waals surface area contributed by atoms with Crippen molar-refractivity contribution in [1.82, 2.24) is 4.90 Å². The van der Waals surface area contributed by atoms with Crippen molar-refractivity contribution >= 4 is 21.6 Å². The van der Waals surface area contributed by atoms with E-state index in [-0.39, 0.29) is 17.3 Å². The number of para-hydroxylation sites is 2. The molecule has 3 aromatic carbocycles. The molecule has 0 aromatic heterocycles. The number of aryl methyl sites for hydroxylation is 1. The van der Waals surface area contributed by atoms with Gasteiger partial charge in [-0.05, 0) is 48.7 Å². The van der Waals surface area contributed by atoms with Gasteiger partial charge in [0.1, 0.15) is 12.3 Å². The molecule has 6 nitrogen and oxygen atoms in total. The molecule has 1 heterocycles. The van der Waals surface area contributed by atoms with Crippen molar-refractivity contribution in [2.45, 2.75) is 24.8 Å². The third-order valence-electron chi connectivity index (χ3n) is 5.73. The SMILES string of the molecule is COc1ccccc1N(CC(=O)N1CCc2ccccc2C1)S(=O)(=O)c1ccc(C)cc1. The van der Waals surface area contributed by atoms with Crippen LogP contribution in [-0.2, 0) is 27.8 Å². The summed E-state index contributed by atoms with van der Waals surface area (Å²) in [5, 5.41) is 0. The van der Waals surface area contributed by atoms with Crippen LogP contribution in [0.15, 0.2) is 77.7 Å². The Labute approximate surface area is 189 Å². The predicted octanol–water partition coefficient (Wildman–Crippen LogP) is 3.78. The van der Waals surface area contributed by atoms with Gasteiger partial charge in [0.2, 0.25) is 5.91 Å². The molecular weight excluding hydrogens is 424 g/mol. The number of ether oxygens (including phenoxy) is 1. The number of amides is 1. The molecule has 0 radical (unpaired) electrons. The molecule has 7 heteroatoms. The Bertz CT molecular complexity index is 1220. The zero-order chi connectivity index (χ0) is 22.7. The van der Waals surface area contributed by atoms with Crippen molar-refractivity contribution in [3.8, 4) is 5.75 Å². The lowest BCUT2D eigenvalue weighted by molar-refractivity contribution is -0.130. The van der Waals surface area contributed by atoms with E-state index in [2.05, 4.69) is 6.07 Å². The van der Waals surface area contributed by atoms with Crippen LogP contribution >= 0.6 is 0 Å². The Morgan fingerprint density at radius 3 is 2.34 bits per heavy atom. The molecule has 4 rings (SSSR count). The van der Waals surface area contributed by atoms with Crippen LogP contribution in [0.25, 0.3) is 0 Å². The summed E-state index contributed by atoms with van der Waals surface area (Å²) in [6.45, 7) is 2.62. The molecule has 32 heavy (non-hydrogen) atoms. The van der Waals surface area contributed by atoms with Crippen molar-refractivity contribution in [1.29, 1.82) is 0 Å². The van der Waals surface area contributed by atoms with E-state index in [0.717, 1.165) is 21.9 Å². The first-order valence-corrected chi connectivity index (χ1v) is 11.9. The van der Waals surface area contributed by atoms with Gasteiger partial charge in [0.05, 0.1) is 17.7 Å². The first-order valence-electron chi connectivity index (χ1n) is 10.5. The second-order valence-corrected chi connectivity index (χ2v) is 9.69. The molecule has 1 amide bonds. The van der Waals surface area contributed by atoms with E-state index in [9.17, 15) is 13.2 Å². The third-order valence-corrected chi connectivity index (χ3v) is 7.50. The van der Waals surface area contributed by atoms with E-state index in [4.69, 9.17) is 4.74 Å². The molecule has 166 valence electrons. The van der Waals surface area contributed by atoms with Crippen LogP contribution in [0.2, 0.25) is 0 Å². The number of anilines is 1. The topological polar surface area (TPSA) is 66.9 Å². The molecule has 0 atom stereocenters. The highest BCUT2D eigenvalue weighted by atomic mass is 32.2. The summed E-state index contributed by atoms with van der Waals surface area (Å²) in [5.74, 6) is 0.140. The zero-order valence-electron chi connectivity index (χ0n) is 18.2. The van der Waals surface area contributed by atoms with Crippen molar-refractivity contribution in [2.24, 2.45) is 0 Å². The third kappa shape index (κ3) is 4.34. The van der Waals surface area contributed by atoms with Crippen molar-refractivity contribution in [3.63, 3.8) is 0 Å². The quantitative estimate of drug-likeness (QED) is 0.573. The maximum absolute atomic E-state index is 13.6. The van der Waals surface area contributed by atoms with Crippen LogP contribution in [0.4, 0.5) is 5.69 Å². The van der Waals surface area contributed by atoms with Crippen molar-refractivity contribution in [3.05, 3.63) is 89.5 Å². The van der Waals surface area contributed by atoms with Crippen LogP contribution in [-0.4, -0.2) is 39.4 Å². The number of nitrogens with zero attached hydrogens (tertiary/aromatic N) is 2. The zero-order valence-corrected chi connectivity index (χ0v) is 19.0. The molecule has 0 spiro atoms. The first-order chi connectivity index (χ1) is 15.4. The summed E-state index contributed by atoms with van der Waals surface area (Å²) in [5.41, 5.74) is 3.61. The monoisotopic (exact) mass is 450 g/mol. The van der Waals surface area contributed by atoms with E-state index in [1.807, 2.05) is 25.1 Å². The molecule has 0 bridgehead atoms. The summed E-state index contributed by atoms with van der Waals surface area (Å²) in [4.78, 5) is 15.2. The van der Waals surface area contributed by atoms with E-state index in [1.165, 1.54) is 12.7 Å². The minimum absolute atomic E-state index is 0.130. The molecule has 1 aliphatic heterocycles. The highest BCUT2D eigenvalue weighted by Crippen LogP contribution is 2.32. The minimum atomic E-state index is -3.99. The van der Waals surface area contributed by atoms with E-state index < -0.39 is 10.0 Å². The number of fused-ring (bicyclic) bond motifs is 1. The number of benzene rings is 3. The van der Waals surface area contributed by atoms with Gasteiger partial charge >= 0.3 is 0 Å². The van der Waals surface area contributed by atoms with E-state index >= 15 is 0 Å². The highest BCUT2D eigenvalue weighted by Gasteiger charge is 2.31. The van der Waals surface area contributed by atoms with Gasteiger partial charge in [-0.1, -0.05) is 54.1 Å². The Kier molecular flexibility index (Phi) is 6.19. The number of hydrogen-bond donors (Lipinski definition) is 0. The van der Waals surface area contributed by atoms with Crippen LogP contribution in [0.3, 0.4) is 0 Å². The van der Waals surface area contributed by atoms with Gasteiger partial charge in [0.25, 0.3) is 10.0 Å². The normalized spacial score (nSPS) is 13.4. The van der Waals surface area contributed by atoms with Gasteiger partial charge in [0.15, 0.2) is 0 Å². The molecule has 1 aliphatic rings. The van der Waals surface area contributed by atoms with E-state index in [1.54, 1.807) is 53.4 Å². The number of hydrogen-bond acceptors (Lipinski definition) is 4. The average molecular weight is 451 g/mol. The molecule has 0 N–H and O–H groups in total. The van der Waals surface area contributed by atoms with Crippen LogP contribution in [0, 0.1) is 6.92 Å². The maximum atomic E-state index is 13.6. The Hall–Kier alpha value is -3.32. The molecule has 0 saturated heterocycles. The molecule has 0 saturated carbocycles. The van der Waals surface area contributed by atoms with Gasteiger partial charge in [-0.2, -0.15) is 0 Å². The first kappa shape index (κ1) is 21.9. The summed E-state index contributed by atoms with van der Waals surface area (Å²) >= 11 is 0. The van der Waals surface area contributed by atoms with Crippen LogP contribution in [0.5, 0.6) is 5.75 Å². The standard InChI is InChI=1S/C25H26N2O4S/c1-19-11-13-22(14-12-19)32(29,30)27(23-9-5-6-10-24(23)31-2)18-25(28)26-16-15-20-7-3-4-8-21(20)17-26/h3-14H,15-18H2,1-2H3. The summed E-state index contributed by atoms with van der Waals surface area (Å²) in [7, 11) is -2.51. The van der Waals surface area contributed by atoms with Gasteiger partial charge in [-0.15, -0.1) is 0 Å². The molecule has 0 unspecified atom stereocenters. The van der Waals surface area contributed by atoms with Crippen molar-refractivity contribution in [2.75, 3.05) is 24.5 Å². The van der Waals surface area contributed by atoms with Gasteiger partial charge in [-0.25, -0.2) is 8.42 Å². The predicted molar refractivity (Wildman–Crippen MR) is 124 cm³/mol. The number of carbonyl (C=O) groups excluding carboxylic acids is 1. The summed E-state index contributed by atoms with van der Waals surface area (Å²) < 4.78 is 33.8. The second kappa shape index (κ2) is 9.04. The Morgan fingerprint density at radius 2 is 1.62 bits per heavy atom. The van der Waals surface area contributed by atoms with E-state index in [0.29, 0.717) is 24.5 Å². The van der Waals surface area contributed by atoms with Gasteiger partial charge < -0.3 is 9.64 Å². The molecular formula is C25H26N2O4S. The lowest BCUT2D eigenvalue weighted by atomic mass is 10.00. The van der Waals surface area contributed by atoms with Crippen LogP contribution in [0.1, 0.15) is 16.7 Å². The molecule has 3 aromatic rings. The Balaban J connectivity index is 1.68. The second-order valence-electron chi connectivity index (χ2n) is 7.83. The minimum Gasteiger partial charge on any atom is -0.495 e. The lowest BCUT2D eigenvalue weighted by Crippen LogP contribution is -2.44. The smallest absolute Gasteiger partial charge is 0.264 e. The summed E-state index contributed by atoms with van der Waals surface area (Å²) in [6.07, 6.45) is 0.751. The van der Waals surface area contributed by atoms with Gasteiger partial charge in [0, 0.05) is 13.1 Å². The lowest BCUT2D eigenvalue weighted by Gasteiger charge is -2.32. The number of sulfonamides is 1. The number of methoxy groups -OCH3 is 1. The van der Waals surface area contributed by atoms with Gasteiger partial charge in [-0.3, -0.25) is 9.10 Å². The van der Waals surface area contributed by atoms with Crippen molar-refractivity contribution < 1.29 is 17.9 Å². The average Bonchev–Trinajstić information content (AvgIpc) is 2.82. The largest absolute Gasteiger partial charge is 0.495 e. The Morgan fingerprint density at radius 1 is 0.969 bits per heavy atom. The fraction of sp³-hybridized carbons (Fsp3) is 0.240. The maximum Gasteiger partial charge on any atom is 0.264 e. The fourth-order valence-corrected chi connectivity index (χ4v) is 5.33. The molecule has 0 fully saturated rings. The number of rotatable bonds is 6. The summed E-state index contributed by atoms with van der Waals surface area (Å²) in [6, 6.07) is 21.5. The number of carbonyl (C=O) groups is 1. The highest BCUT2D eigenvalue weighted by molar-refractivity contribution is 7.92. The fourth-order valence-electron chi connectivity index (χ4n) is 3.90. The molecule has 0 aliphatic carbocycles. The van der Waals surface area contributed by atoms with Crippen LogP contribution < -0.4 is 9.04 Å².